The van der Waals surface area contributed by atoms with Crippen molar-refractivity contribution in [2.24, 2.45) is 5.92 Å². The molecular weight excluding hydrogens is 482 g/mol. The highest BCUT2D eigenvalue weighted by molar-refractivity contribution is 7.90. The Balaban J connectivity index is 1.77. The maximum Gasteiger partial charge on any atom is 0.269 e. The van der Waals surface area contributed by atoms with E-state index in [9.17, 15) is 16.8 Å². The second kappa shape index (κ2) is 9.05. The first kappa shape index (κ1) is 23.4. The number of rotatable bonds is 6. The van der Waals surface area contributed by atoms with Crippen molar-refractivity contribution in [2.45, 2.75) is 35.6 Å². The number of benzene rings is 1. The molecule has 0 N–H and O–H groups in total. The van der Waals surface area contributed by atoms with Gasteiger partial charge in [0, 0.05) is 35.2 Å². The monoisotopic (exact) mass is 507 g/mol. The Labute approximate surface area is 205 Å². The fraction of sp³-hybridized carbons (Fsp3) is 0.231. The number of sulfone groups is 1. The Bertz CT molecular complexity index is 1620. The number of allylic oxidation sites excluding steroid dienone is 1. The van der Waals surface area contributed by atoms with Gasteiger partial charge in [-0.05, 0) is 61.2 Å². The minimum atomic E-state index is -3.97. The molecule has 9 heteroatoms. The summed E-state index contributed by atoms with van der Waals surface area (Å²) in [5, 5.41) is 0.667. The standard InChI is InChI=1S/C26H25N3O4S2/c1-34(30,31)25-14-13-21(18-28-25)23(16-19-8-5-6-9-19)24-17-20-10-7-15-27-26(20)29(24)35(32,33)22-11-3-2-4-12-22/h2-4,7,10-19H,5-6,8-9H2,1H3/b23-16+. The van der Waals surface area contributed by atoms with Gasteiger partial charge in [0.15, 0.2) is 20.5 Å². The number of fused-ring (bicyclic) bond motifs is 1. The van der Waals surface area contributed by atoms with Gasteiger partial charge in [0.05, 0.1) is 10.6 Å². The minimum Gasteiger partial charge on any atom is -0.244 e. The third-order valence-corrected chi connectivity index (χ3v) is 9.03. The van der Waals surface area contributed by atoms with Crippen LogP contribution < -0.4 is 0 Å². The molecule has 4 aromatic rings. The summed E-state index contributed by atoms with van der Waals surface area (Å²) in [7, 11) is -7.44. The molecule has 0 atom stereocenters. The molecule has 3 aromatic heterocycles. The summed E-state index contributed by atoms with van der Waals surface area (Å²) >= 11 is 0. The molecule has 0 radical (unpaired) electrons. The molecule has 5 rings (SSSR count). The molecule has 3 heterocycles. The molecule has 180 valence electrons. The molecule has 7 nitrogen and oxygen atoms in total. The van der Waals surface area contributed by atoms with E-state index < -0.39 is 19.9 Å². The van der Waals surface area contributed by atoms with Crippen LogP contribution in [0, 0.1) is 5.92 Å². The van der Waals surface area contributed by atoms with Crippen LogP contribution >= 0.6 is 0 Å². The van der Waals surface area contributed by atoms with Gasteiger partial charge < -0.3 is 0 Å². The van der Waals surface area contributed by atoms with E-state index in [-0.39, 0.29) is 9.92 Å². The zero-order valence-electron chi connectivity index (χ0n) is 19.2. The lowest BCUT2D eigenvalue weighted by molar-refractivity contribution is 0.588. The summed E-state index contributed by atoms with van der Waals surface area (Å²) < 4.78 is 53.0. The first-order chi connectivity index (χ1) is 16.7. The molecule has 35 heavy (non-hydrogen) atoms. The maximum atomic E-state index is 13.9. The van der Waals surface area contributed by atoms with Gasteiger partial charge in [0.2, 0.25) is 0 Å². The van der Waals surface area contributed by atoms with Crippen molar-refractivity contribution in [3.05, 3.63) is 90.4 Å². The average Bonchev–Trinajstić information content (AvgIpc) is 3.50. The average molecular weight is 508 g/mol. The highest BCUT2D eigenvalue weighted by atomic mass is 32.2. The fourth-order valence-corrected chi connectivity index (χ4v) is 6.65. The van der Waals surface area contributed by atoms with Crippen LogP contribution in [0.25, 0.3) is 16.6 Å². The SMILES string of the molecule is CS(=O)(=O)c1ccc(/C(=C\C2CCCC2)c2cc3cccnc3n2S(=O)(=O)c2ccccc2)cn1. The lowest BCUT2D eigenvalue weighted by atomic mass is 9.97. The topological polar surface area (TPSA) is 99.0 Å². The van der Waals surface area contributed by atoms with Crippen molar-refractivity contribution < 1.29 is 16.8 Å². The van der Waals surface area contributed by atoms with Gasteiger partial charge in [-0.3, -0.25) is 0 Å². The van der Waals surface area contributed by atoms with Crippen LogP contribution in [0.15, 0.2) is 89.1 Å². The molecule has 1 aliphatic rings. The Hall–Kier alpha value is -3.30. The van der Waals surface area contributed by atoms with Crippen molar-refractivity contribution in [1.29, 1.82) is 0 Å². The lowest BCUT2D eigenvalue weighted by Crippen LogP contribution is -2.16. The van der Waals surface area contributed by atoms with Gasteiger partial charge >= 0.3 is 0 Å². The van der Waals surface area contributed by atoms with Gasteiger partial charge in [-0.25, -0.2) is 30.8 Å². The Morgan fingerprint density at radius 3 is 2.34 bits per heavy atom. The third kappa shape index (κ3) is 4.53. The largest absolute Gasteiger partial charge is 0.269 e. The summed E-state index contributed by atoms with van der Waals surface area (Å²) in [4.78, 5) is 8.74. The molecule has 0 saturated heterocycles. The van der Waals surface area contributed by atoms with Gasteiger partial charge in [0.1, 0.15) is 0 Å². The lowest BCUT2D eigenvalue weighted by Gasteiger charge is -2.16. The number of hydrogen-bond acceptors (Lipinski definition) is 6. The fourth-order valence-electron chi connectivity index (χ4n) is 4.59. The van der Waals surface area contributed by atoms with Crippen LogP contribution in [-0.2, 0) is 19.9 Å². The molecule has 1 fully saturated rings. The van der Waals surface area contributed by atoms with Crippen molar-refractivity contribution in [2.75, 3.05) is 6.26 Å². The van der Waals surface area contributed by atoms with Crippen molar-refractivity contribution in [1.82, 2.24) is 13.9 Å². The summed E-state index contributed by atoms with van der Waals surface area (Å²) in [6.07, 6.45) is 10.6. The minimum absolute atomic E-state index is 0.0272. The third-order valence-electron chi connectivity index (χ3n) is 6.31. The van der Waals surface area contributed by atoms with E-state index >= 15 is 0 Å². The summed E-state index contributed by atoms with van der Waals surface area (Å²) in [6, 6.07) is 16.9. The van der Waals surface area contributed by atoms with Gasteiger partial charge in [-0.15, -0.1) is 0 Å². The van der Waals surface area contributed by atoms with E-state index in [0.29, 0.717) is 33.8 Å². The second-order valence-corrected chi connectivity index (χ2v) is 12.6. The molecule has 0 aliphatic heterocycles. The van der Waals surface area contributed by atoms with Gasteiger partial charge in [0.25, 0.3) is 10.0 Å². The van der Waals surface area contributed by atoms with Crippen LogP contribution in [-0.4, -0.2) is 37.0 Å². The van der Waals surface area contributed by atoms with E-state index in [0.717, 1.165) is 31.9 Å². The highest BCUT2D eigenvalue weighted by Gasteiger charge is 2.27. The number of hydrogen-bond donors (Lipinski definition) is 0. The normalized spacial score (nSPS) is 15.6. The molecule has 1 saturated carbocycles. The molecule has 0 bridgehead atoms. The van der Waals surface area contributed by atoms with Crippen molar-refractivity contribution in [3.8, 4) is 0 Å². The van der Waals surface area contributed by atoms with E-state index in [1.165, 1.54) is 16.2 Å². The van der Waals surface area contributed by atoms with Crippen LogP contribution in [0.4, 0.5) is 0 Å². The zero-order chi connectivity index (χ0) is 24.6. The predicted octanol–water partition coefficient (Wildman–Crippen LogP) is 4.69. The van der Waals surface area contributed by atoms with Crippen LogP contribution in [0.5, 0.6) is 0 Å². The summed E-state index contributed by atoms with van der Waals surface area (Å²) in [5.41, 5.74) is 2.16. The highest BCUT2D eigenvalue weighted by Crippen LogP contribution is 2.36. The van der Waals surface area contributed by atoms with E-state index in [1.54, 1.807) is 48.7 Å². The van der Waals surface area contributed by atoms with Gasteiger partial charge in [-0.2, -0.15) is 0 Å². The smallest absolute Gasteiger partial charge is 0.244 e. The molecule has 0 unspecified atom stereocenters. The summed E-state index contributed by atoms with van der Waals surface area (Å²) in [6.45, 7) is 0. The molecule has 0 amide bonds. The van der Waals surface area contributed by atoms with E-state index in [2.05, 4.69) is 16.0 Å². The summed E-state index contributed by atoms with van der Waals surface area (Å²) in [5.74, 6) is 0.290. The van der Waals surface area contributed by atoms with E-state index in [1.807, 2.05) is 12.1 Å². The van der Waals surface area contributed by atoms with Crippen molar-refractivity contribution >= 4 is 36.5 Å². The quantitative estimate of drug-likeness (QED) is 0.375. The molecule has 0 spiro atoms. The zero-order valence-corrected chi connectivity index (χ0v) is 20.8. The van der Waals surface area contributed by atoms with Crippen LogP contribution in [0.2, 0.25) is 0 Å². The second-order valence-electron chi connectivity index (χ2n) is 8.81. The Kier molecular flexibility index (Phi) is 6.06. The molecule has 1 aliphatic carbocycles. The molecule has 1 aromatic carbocycles. The van der Waals surface area contributed by atoms with Crippen LogP contribution in [0.3, 0.4) is 0 Å². The number of aromatic nitrogens is 3. The molecular formula is C26H25N3O4S2. The first-order valence-corrected chi connectivity index (χ1v) is 14.7. The predicted molar refractivity (Wildman–Crippen MR) is 135 cm³/mol. The number of pyridine rings is 2. The van der Waals surface area contributed by atoms with Crippen LogP contribution in [0.1, 0.15) is 36.9 Å². The number of nitrogens with zero attached hydrogens (tertiary/aromatic N) is 3. The van der Waals surface area contributed by atoms with E-state index in [4.69, 9.17) is 0 Å². The Morgan fingerprint density at radius 1 is 0.943 bits per heavy atom. The maximum absolute atomic E-state index is 13.9. The van der Waals surface area contributed by atoms with Crippen molar-refractivity contribution in [3.63, 3.8) is 0 Å². The Morgan fingerprint density at radius 2 is 1.69 bits per heavy atom. The first-order valence-electron chi connectivity index (χ1n) is 11.4. The van der Waals surface area contributed by atoms with Gasteiger partial charge in [-0.1, -0.05) is 37.1 Å².